The van der Waals surface area contributed by atoms with Gasteiger partial charge in [0.25, 0.3) is 5.91 Å². The Labute approximate surface area is 212 Å². The fourth-order valence-corrected chi connectivity index (χ4v) is 5.12. The highest BCUT2D eigenvalue weighted by Crippen LogP contribution is 2.35. The smallest absolute Gasteiger partial charge is 0.409 e. The van der Waals surface area contributed by atoms with E-state index < -0.39 is 0 Å². The van der Waals surface area contributed by atoms with E-state index >= 15 is 0 Å². The lowest BCUT2D eigenvalue weighted by Crippen LogP contribution is -2.47. The summed E-state index contributed by atoms with van der Waals surface area (Å²) in [5, 5.41) is 0. The monoisotopic (exact) mass is 493 g/mol. The predicted octanol–water partition coefficient (Wildman–Crippen LogP) is 3.84. The van der Waals surface area contributed by atoms with Gasteiger partial charge >= 0.3 is 6.09 Å². The van der Waals surface area contributed by atoms with Crippen LogP contribution >= 0.6 is 0 Å². The third-order valence-electron chi connectivity index (χ3n) is 7.41. The van der Waals surface area contributed by atoms with Crippen LogP contribution in [0.3, 0.4) is 0 Å². The Hall–Kier alpha value is -3.10. The van der Waals surface area contributed by atoms with Gasteiger partial charge in [0.1, 0.15) is 5.75 Å². The molecule has 0 aliphatic carbocycles. The molecule has 0 bridgehead atoms. The molecule has 2 saturated heterocycles. The molecule has 0 radical (unpaired) electrons. The minimum Gasteiger partial charge on any atom is -0.464 e. The van der Waals surface area contributed by atoms with Gasteiger partial charge in [0.15, 0.2) is 0 Å². The number of piperazine rings is 1. The first kappa shape index (κ1) is 24.6. The van der Waals surface area contributed by atoms with Gasteiger partial charge in [-0.15, -0.1) is 0 Å². The van der Waals surface area contributed by atoms with E-state index in [0.717, 1.165) is 67.0 Å². The van der Waals surface area contributed by atoms with Gasteiger partial charge in [-0.3, -0.25) is 4.79 Å². The number of benzene rings is 2. The Balaban J connectivity index is 1.19. The topological polar surface area (TPSA) is 71.5 Å². The van der Waals surface area contributed by atoms with Crippen LogP contribution in [0.15, 0.2) is 42.5 Å². The van der Waals surface area contributed by atoms with Crippen molar-refractivity contribution in [2.75, 3.05) is 52.9 Å². The second-order valence-electron chi connectivity index (χ2n) is 9.82. The Morgan fingerprint density at radius 2 is 1.61 bits per heavy atom. The van der Waals surface area contributed by atoms with Gasteiger partial charge < -0.3 is 28.9 Å². The number of likely N-dealkylation sites (tertiary alicyclic amines) is 1. The summed E-state index contributed by atoms with van der Waals surface area (Å²) in [5.41, 5.74) is 3.87. The molecule has 2 aromatic rings. The number of likely N-dealkylation sites (N-methyl/N-ethyl adjacent to an activating group) is 1. The molecule has 2 amide bonds. The van der Waals surface area contributed by atoms with Gasteiger partial charge in [0.2, 0.25) is 6.29 Å². The molecule has 0 N–H and O–H groups in total. The lowest BCUT2D eigenvalue weighted by molar-refractivity contribution is -0.148. The number of carbonyl (C=O) groups is 2. The van der Waals surface area contributed by atoms with Crippen molar-refractivity contribution in [3.63, 3.8) is 0 Å². The molecule has 8 heteroatoms. The van der Waals surface area contributed by atoms with Crippen molar-refractivity contribution in [2.24, 2.45) is 5.92 Å². The van der Waals surface area contributed by atoms with Crippen LogP contribution in [0, 0.1) is 5.92 Å². The van der Waals surface area contributed by atoms with Crippen molar-refractivity contribution >= 4 is 12.0 Å². The Morgan fingerprint density at radius 1 is 0.917 bits per heavy atom. The molecule has 0 spiro atoms. The summed E-state index contributed by atoms with van der Waals surface area (Å²) in [7, 11) is 2.09. The number of hydrogen-bond donors (Lipinski definition) is 0. The van der Waals surface area contributed by atoms with Crippen molar-refractivity contribution in [3.05, 3.63) is 53.6 Å². The molecule has 3 aliphatic heterocycles. The van der Waals surface area contributed by atoms with E-state index in [9.17, 15) is 9.59 Å². The summed E-state index contributed by atoms with van der Waals surface area (Å²) in [6.45, 7) is 7.39. The zero-order chi connectivity index (χ0) is 25.1. The van der Waals surface area contributed by atoms with Crippen LogP contribution < -0.4 is 4.74 Å². The number of rotatable bonds is 4. The predicted molar refractivity (Wildman–Crippen MR) is 136 cm³/mol. The maximum atomic E-state index is 12.8. The molecule has 1 unspecified atom stereocenters. The lowest BCUT2D eigenvalue weighted by atomic mass is 9.95. The van der Waals surface area contributed by atoms with Crippen LogP contribution in [0.4, 0.5) is 4.79 Å². The maximum absolute atomic E-state index is 12.8. The summed E-state index contributed by atoms with van der Waals surface area (Å²) >= 11 is 0. The average Bonchev–Trinajstić information content (AvgIpc) is 2.93. The van der Waals surface area contributed by atoms with Gasteiger partial charge in [-0.2, -0.15) is 0 Å². The van der Waals surface area contributed by atoms with Crippen molar-refractivity contribution in [2.45, 2.75) is 32.7 Å². The van der Waals surface area contributed by atoms with E-state index in [2.05, 4.69) is 24.1 Å². The Bertz CT molecular complexity index is 1070. The third kappa shape index (κ3) is 5.34. The van der Waals surface area contributed by atoms with Crippen LogP contribution in [-0.4, -0.2) is 85.9 Å². The first-order chi connectivity index (χ1) is 17.5. The highest BCUT2D eigenvalue weighted by Gasteiger charge is 2.33. The quantitative estimate of drug-likeness (QED) is 0.645. The summed E-state index contributed by atoms with van der Waals surface area (Å²) < 4.78 is 17.4. The van der Waals surface area contributed by atoms with E-state index in [1.807, 2.05) is 42.2 Å². The molecule has 0 saturated carbocycles. The summed E-state index contributed by atoms with van der Waals surface area (Å²) in [6, 6.07) is 14.0. The largest absolute Gasteiger partial charge is 0.464 e. The molecule has 1 atom stereocenters. The fraction of sp³-hybridized carbons (Fsp3) is 0.500. The maximum Gasteiger partial charge on any atom is 0.409 e. The van der Waals surface area contributed by atoms with Gasteiger partial charge in [0, 0.05) is 56.3 Å². The van der Waals surface area contributed by atoms with E-state index in [0.29, 0.717) is 26.3 Å². The first-order valence-corrected chi connectivity index (χ1v) is 12.9. The van der Waals surface area contributed by atoms with E-state index in [4.69, 9.17) is 14.2 Å². The minimum absolute atomic E-state index is 0.0982. The van der Waals surface area contributed by atoms with Gasteiger partial charge in [0.05, 0.1) is 13.2 Å². The highest BCUT2D eigenvalue weighted by atomic mass is 16.7. The fourth-order valence-electron chi connectivity index (χ4n) is 5.12. The summed E-state index contributed by atoms with van der Waals surface area (Å²) in [4.78, 5) is 30.7. The second kappa shape index (κ2) is 10.9. The Kier molecular flexibility index (Phi) is 7.43. The zero-order valence-corrected chi connectivity index (χ0v) is 21.2. The highest BCUT2D eigenvalue weighted by molar-refractivity contribution is 5.94. The summed E-state index contributed by atoms with van der Waals surface area (Å²) in [6.07, 6.45) is 1.12. The van der Waals surface area contributed by atoms with Crippen LogP contribution in [0.1, 0.15) is 35.7 Å². The minimum atomic E-state index is -0.299. The van der Waals surface area contributed by atoms with Crippen LogP contribution in [0.2, 0.25) is 0 Å². The van der Waals surface area contributed by atoms with E-state index in [1.54, 1.807) is 4.90 Å². The van der Waals surface area contributed by atoms with Gasteiger partial charge in [-0.25, -0.2) is 4.79 Å². The van der Waals surface area contributed by atoms with Crippen molar-refractivity contribution in [1.82, 2.24) is 14.7 Å². The standard InChI is InChI=1S/C28H35N3O5/c1-3-34-28(33)31-12-10-22(11-13-31)27-35-19-24-18-23(8-9-25(24)36-27)20-4-6-21(7-5-20)26(32)30-16-14-29(2)15-17-30/h4-9,18,22,27H,3,10-17,19H2,1-2H3. The molecule has 0 aromatic heterocycles. The number of ether oxygens (including phenoxy) is 3. The van der Waals surface area contributed by atoms with Crippen LogP contribution in [0.25, 0.3) is 11.1 Å². The van der Waals surface area contributed by atoms with Crippen LogP contribution in [-0.2, 0) is 16.1 Å². The number of piperidine rings is 1. The number of amides is 2. The number of hydrogen-bond acceptors (Lipinski definition) is 6. The normalized spacial score (nSPS) is 21.0. The Morgan fingerprint density at radius 3 is 2.31 bits per heavy atom. The molecule has 3 heterocycles. The molecular formula is C28H35N3O5. The van der Waals surface area contributed by atoms with Crippen molar-refractivity contribution < 1.29 is 23.8 Å². The summed E-state index contributed by atoms with van der Waals surface area (Å²) in [5.74, 6) is 1.19. The van der Waals surface area contributed by atoms with E-state index in [-0.39, 0.29) is 24.2 Å². The third-order valence-corrected chi connectivity index (χ3v) is 7.41. The van der Waals surface area contributed by atoms with Crippen LogP contribution in [0.5, 0.6) is 5.75 Å². The van der Waals surface area contributed by atoms with Crippen molar-refractivity contribution in [1.29, 1.82) is 0 Å². The molecule has 36 heavy (non-hydrogen) atoms. The SMILES string of the molecule is CCOC(=O)N1CCC(C2OCc3cc(-c4ccc(C(=O)N5CCN(C)CC5)cc4)ccc3O2)CC1. The zero-order valence-electron chi connectivity index (χ0n) is 21.2. The lowest BCUT2D eigenvalue weighted by Gasteiger charge is -2.37. The number of nitrogens with zero attached hydrogens (tertiary/aromatic N) is 3. The second-order valence-corrected chi connectivity index (χ2v) is 9.82. The molecule has 3 aliphatic rings. The molecule has 5 rings (SSSR count). The molecule has 8 nitrogen and oxygen atoms in total. The van der Waals surface area contributed by atoms with E-state index in [1.165, 1.54) is 0 Å². The number of fused-ring (bicyclic) bond motifs is 1. The first-order valence-electron chi connectivity index (χ1n) is 12.9. The molecule has 2 aromatic carbocycles. The molecule has 2 fully saturated rings. The van der Waals surface area contributed by atoms with Gasteiger partial charge in [-0.1, -0.05) is 18.2 Å². The molecular weight excluding hydrogens is 458 g/mol. The van der Waals surface area contributed by atoms with Crippen molar-refractivity contribution in [3.8, 4) is 16.9 Å². The molecule has 192 valence electrons. The van der Waals surface area contributed by atoms with Gasteiger partial charge in [-0.05, 0) is 62.2 Å². The average molecular weight is 494 g/mol. The number of carbonyl (C=O) groups excluding carboxylic acids is 2.